The minimum absolute atomic E-state index is 0. The lowest BCUT2D eigenvalue weighted by molar-refractivity contribution is -0.597. The summed E-state index contributed by atoms with van der Waals surface area (Å²) in [6.45, 7) is 0. The zero-order chi connectivity index (χ0) is 4.71. The van der Waals surface area contributed by atoms with Gasteiger partial charge in [-0.05, 0) is 4.93 Å². The molecule has 0 unspecified atom stereocenters. The number of hydrogen-bond donors (Lipinski definition) is 0. The van der Waals surface area contributed by atoms with E-state index in [1.54, 1.807) is 0 Å². The van der Waals surface area contributed by atoms with Crippen LogP contribution in [0.15, 0.2) is 0 Å². The second-order valence-corrected chi connectivity index (χ2v) is 2.54. The van der Waals surface area contributed by atoms with Crippen LogP contribution in [-0.2, 0) is 0 Å². The van der Waals surface area contributed by atoms with E-state index in [0.717, 1.165) is 0 Å². The van der Waals surface area contributed by atoms with Crippen LogP contribution < -0.4 is 21.2 Å². The van der Waals surface area contributed by atoms with Gasteiger partial charge in [-0.25, -0.2) is 0 Å². The van der Waals surface area contributed by atoms with E-state index in [4.69, 9.17) is 0 Å². The fraction of sp³-hybridized carbons (Fsp3) is 0.667. The monoisotopic (exact) mass is 345 g/mol. The highest BCUT2D eigenvalue weighted by Crippen LogP contribution is 1.48. The Hall–Kier alpha value is 1.46. The van der Waals surface area contributed by atoms with Crippen LogP contribution in [0.25, 0.3) is 0 Å². The van der Waals surface area contributed by atoms with Crippen LogP contribution in [0.4, 0.5) is 0 Å². The fourth-order valence-electron chi connectivity index (χ4n) is 0. The van der Waals surface area contributed by atoms with Crippen molar-refractivity contribution in [3.63, 3.8) is 0 Å². The van der Waals surface area contributed by atoms with E-state index in [1.165, 1.54) is 0 Å². The molecule has 0 aliphatic rings. The number of hydrogen-bond acceptors (Lipinski definition) is 0. The molecule has 0 radical (unpaired) electrons. The summed E-state index contributed by atoms with van der Waals surface area (Å²) in [6.07, 6.45) is 0. The van der Waals surface area contributed by atoms with Crippen molar-refractivity contribution in [2.75, 3.05) is 14.8 Å². The maximum Gasteiger partial charge on any atom is 0.261 e. The van der Waals surface area contributed by atoms with Crippen LogP contribution in [-0.4, -0.2) is 14.8 Å². The average molecular weight is 345 g/mol. The summed E-state index contributed by atoms with van der Waals surface area (Å²) in [7, 11) is 0. The van der Waals surface area contributed by atoms with Crippen molar-refractivity contribution in [3.05, 3.63) is 14.9 Å². The molecule has 0 bridgehead atoms. The Morgan fingerprint density at radius 2 is 1.00 bits per heavy atom. The summed E-state index contributed by atoms with van der Waals surface area (Å²) in [4.78, 5) is 6.44. The second-order valence-electron chi connectivity index (χ2n) is 0.378. The lowest BCUT2D eigenvalue weighted by Gasteiger charge is -1.22. The van der Waals surface area contributed by atoms with Gasteiger partial charge in [-0.1, -0.05) is 30.0 Å². The van der Waals surface area contributed by atoms with Gasteiger partial charge in [-0.15, -0.1) is 0 Å². The van der Waals surface area contributed by atoms with Crippen LogP contribution in [0.2, 0.25) is 0 Å². The van der Waals surface area contributed by atoms with Crippen molar-refractivity contribution in [1.82, 2.24) is 0 Å². The molecule has 0 amide bonds. The predicted molar refractivity (Wildman–Crippen MR) is 51.4 cm³/mol. The minimum atomic E-state index is 0. The van der Waals surface area contributed by atoms with Crippen molar-refractivity contribution in [1.29, 1.82) is 0 Å². The van der Waals surface area contributed by atoms with Gasteiger partial charge in [0, 0.05) is 0 Å². The first-order valence-corrected chi connectivity index (χ1v) is 7.61. The van der Waals surface area contributed by atoms with Gasteiger partial charge in [0.1, 0.15) is 9.86 Å². The smallest absolute Gasteiger partial charge is 0.261 e. The third-order valence-corrected chi connectivity index (χ3v) is 0. The highest BCUT2D eigenvalue weighted by atomic mass is 127. The first-order chi connectivity index (χ1) is 2.41. The van der Waals surface area contributed by atoms with E-state index in [9.17, 15) is 0 Å². The van der Waals surface area contributed by atoms with Crippen molar-refractivity contribution >= 4 is 22.6 Å². The van der Waals surface area contributed by atoms with Crippen LogP contribution in [0.1, 0.15) is 7.43 Å². The molecule has 0 atom stereocenters. The van der Waals surface area contributed by atoms with Gasteiger partial charge in [0.15, 0.2) is 0 Å². The Balaban J connectivity index is -0.00000000567. The van der Waals surface area contributed by atoms with E-state index >= 15 is 0 Å². The van der Waals surface area contributed by atoms with Gasteiger partial charge < -0.3 is 14.9 Å². The van der Waals surface area contributed by atoms with E-state index in [1.807, 2.05) is 4.93 Å². The van der Waals surface area contributed by atoms with Gasteiger partial charge in [0.25, 0.3) is 21.2 Å². The predicted octanol–water partition coefficient (Wildman–Crippen LogP) is -0.0771. The Morgan fingerprint density at radius 3 is 1.00 bits per heavy atom. The van der Waals surface area contributed by atoms with Gasteiger partial charge in [-0.3, -0.25) is 0 Å². The lowest BCUT2D eigenvalue weighted by Crippen LogP contribution is -3.59. The van der Waals surface area contributed by atoms with Gasteiger partial charge >= 0.3 is 0 Å². The Labute approximate surface area is 80.2 Å². The second kappa shape index (κ2) is 77.8. The Bertz CT molecular complexity index is 6.49. The molecule has 0 aromatic carbocycles. The molecular weight excluding hydrogens is 326 g/mol. The summed E-state index contributed by atoms with van der Waals surface area (Å²) in [5, 5.41) is 0. The van der Waals surface area contributed by atoms with Crippen LogP contribution in [0, 0.1) is 14.9 Å². The zero-order valence-corrected chi connectivity index (χ0v) is 10.1. The van der Waals surface area contributed by atoms with Crippen molar-refractivity contribution in [2.24, 2.45) is 0 Å². The number of rotatable bonds is 0. The molecule has 0 aromatic rings. The molecule has 0 aliphatic heterocycles. The van der Waals surface area contributed by atoms with Crippen molar-refractivity contribution in [2.45, 2.75) is 7.43 Å². The molecule has 0 N–H and O–H groups in total. The molecular formula is C6H19I2-. The van der Waals surface area contributed by atoms with Crippen LogP contribution in [0.3, 0.4) is 0 Å². The average Bonchev–Trinajstić information content (AvgIpc) is 1.46. The molecule has 0 saturated carbocycles. The summed E-state index contributed by atoms with van der Waals surface area (Å²) in [5.74, 6) is 0. The van der Waals surface area contributed by atoms with Crippen LogP contribution in [0.5, 0.6) is 0 Å². The maximum absolute atomic E-state index is 2.24. The standard InChI is InChI=1S/C2H6I.CH3I.CH4.2CH3/c1-3-2;1-2;;;/h1-2H3;1H3;1H4;2*1H3/q+1;;;2*-1. The van der Waals surface area contributed by atoms with Gasteiger partial charge in [0.2, 0.25) is 0 Å². The molecule has 0 saturated heterocycles. The molecule has 8 heavy (non-hydrogen) atoms. The normalized spacial score (nSPS) is 3.00. The molecule has 0 heterocycles. The largest absolute Gasteiger partial charge is 0.358 e. The highest BCUT2D eigenvalue weighted by Gasteiger charge is 1.61. The first-order valence-electron chi connectivity index (χ1n) is 1.13. The maximum atomic E-state index is 2.24. The molecule has 0 nitrogen and oxygen atoms in total. The Morgan fingerprint density at radius 1 is 1.00 bits per heavy atom. The summed E-state index contributed by atoms with van der Waals surface area (Å²) >= 11 is 2.74. The van der Waals surface area contributed by atoms with Gasteiger partial charge in [0.05, 0.1) is 0 Å². The summed E-state index contributed by atoms with van der Waals surface area (Å²) in [5.41, 5.74) is 0. The topological polar surface area (TPSA) is 0 Å². The molecule has 0 rings (SSSR count). The first kappa shape index (κ1) is 34.0. The van der Waals surface area contributed by atoms with Crippen molar-refractivity contribution in [3.8, 4) is 0 Å². The summed E-state index contributed by atoms with van der Waals surface area (Å²) in [6, 6.07) is 0. The SMILES string of the molecule is C.CI.C[I+]C.[CH3-].[CH3-]. The minimum Gasteiger partial charge on any atom is -0.358 e. The van der Waals surface area contributed by atoms with E-state index in [0.29, 0.717) is 21.2 Å². The number of halogens is 2. The highest BCUT2D eigenvalue weighted by molar-refractivity contribution is 14.1. The molecule has 0 aromatic heterocycles. The lowest BCUT2D eigenvalue weighted by atomic mass is 12.0. The van der Waals surface area contributed by atoms with Gasteiger partial charge in [-0.2, -0.15) is 0 Å². The van der Waals surface area contributed by atoms with E-state index in [2.05, 4.69) is 32.5 Å². The van der Waals surface area contributed by atoms with E-state index in [-0.39, 0.29) is 22.3 Å². The molecule has 2 heteroatoms. The third-order valence-electron chi connectivity index (χ3n) is 0. The van der Waals surface area contributed by atoms with Crippen molar-refractivity contribution < 1.29 is 21.2 Å². The zero-order valence-electron chi connectivity index (χ0n) is 5.76. The molecule has 0 fully saturated rings. The molecule has 0 aliphatic carbocycles. The quantitative estimate of drug-likeness (QED) is 0.328. The van der Waals surface area contributed by atoms with E-state index < -0.39 is 0 Å². The third kappa shape index (κ3) is 146. The summed E-state index contributed by atoms with van der Waals surface area (Å²) < 4.78 is 0. The molecule has 58 valence electrons. The fourth-order valence-corrected chi connectivity index (χ4v) is 0. The molecule has 0 spiro atoms. The number of alkyl halides is 3. The van der Waals surface area contributed by atoms with Crippen LogP contribution >= 0.6 is 22.6 Å². The Kier molecular flexibility index (Phi) is 331.